The number of hydrazone groups is 1. The molecule has 8 nitrogen and oxygen atoms in total. The van der Waals surface area contributed by atoms with Crippen LogP contribution in [-0.4, -0.2) is 57.3 Å². The number of nitrogens with one attached hydrogen (secondary N) is 2. The predicted octanol–water partition coefficient (Wildman–Crippen LogP) is 5.53. The van der Waals surface area contributed by atoms with Gasteiger partial charge in [-0.05, 0) is 44.1 Å². The number of hydrogen-bond donors (Lipinski definition) is 2. The summed E-state index contributed by atoms with van der Waals surface area (Å²) in [4.78, 5) is 10.9. The summed E-state index contributed by atoms with van der Waals surface area (Å²) in [6.45, 7) is -0.841. The molecule has 0 unspecified atom stereocenters. The van der Waals surface area contributed by atoms with Crippen molar-refractivity contribution < 1.29 is 17.6 Å². The number of H-pyrrole nitrogens is 1. The standard InChI is InChI=1S/C23H24F4N8S/c1-11-8-17(32-31-11)28-21-18(12-4-5-12)19(16-6-7-35(33-16)22(26)27)29-23(30-21)34(2)20-14(24)9-13(36-3)10-15(20)25/h8-10,12,22H,4-7H2,1-3H3,(H2,28,29,30,31,32). The van der Waals surface area contributed by atoms with Gasteiger partial charge in [0.2, 0.25) is 5.95 Å². The summed E-state index contributed by atoms with van der Waals surface area (Å²) in [6, 6.07) is 4.27. The summed E-state index contributed by atoms with van der Waals surface area (Å²) in [5, 5.41) is 15.0. The van der Waals surface area contributed by atoms with Gasteiger partial charge in [0.15, 0.2) is 17.5 Å². The molecule has 0 amide bonds. The van der Waals surface area contributed by atoms with Gasteiger partial charge in [-0.25, -0.2) is 18.8 Å². The fourth-order valence-electron chi connectivity index (χ4n) is 4.15. The van der Waals surface area contributed by atoms with Gasteiger partial charge in [-0.15, -0.1) is 11.8 Å². The van der Waals surface area contributed by atoms with Crippen LogP contribution in [0.25, 0.3) is 0 Å². The highest BCUT2D eigenvalue weighted by Crippen LogP contribution is 2.46. The molecular formula is C23H24F4N8S. The number of aromatic nitrogens is 4. The number of aryl methyl sites for hydroxylation is 1. The number of rotatable bonds is 8. The summed E-state index contributed by atoms with van der Waals surface area (Å²) in [5.74, 6) is -0.528. The zero-order valence-electron chi connectivity index (χ0n) is 19.8. The van der Waals surface area contributed by atoms with E-state index in [0.29, 0.717) is 32.9 Å². The quantitative estimate of drug-likeness (QED) is 0.230. The van der Waals surface area contributed by atoms with Gasteiger partial charge in [0.05, 0.1) is 11.4 Å². The van der Waals surface area contributed by atoms with E-state index in [-0.39, 0.29) is 30.5 Å². The maximum Gasteiger partial charge on any atom is 0.329 e. The molecule has 2 aliphatic rings. The van der Waals surface area contributed by atoms with Crippen molar-refractivity contribution in [2.75, 3.05) is 30.1 Å². The Kier molecular flexibility index (Phi) is 6.49. The zero-order valence-corrected chi connectivity index (χ0v) is 20.6. The van der Waals surface area contributed by atoms with E-state index in [1.807, 2.05) is 6.92 Å². The Morgan fingerprint density at radius 3 is 2.44 bits per heavy atom. The van der Waals surface area contributed by atoms with Crippen LogP contribution in [0.2, 0.25) is 0 Å². The van der Waals surface area contributed by atoms with Gasteiger partial charge in [0.1, 0.15) is 11.5 Å². The Hall–Kier alpha value is -3.35. The molecule has 2 aromatic heterocycles. The highest BCUT2D eigenvalue weighted by molar-refractivity contribution is 7.98. The maximum atomic E-state index is 14.9. The summed E-state index contributed by atoms with van der Waals surface area (Å²) >= 11 is 1.22. The molecule has 1 aliphatic carbocycles. The Morgan fingerprint density at radius 1 is 1.17 bits per heavy atom. The first-order chi connectivity index (χ1) is 17.2. The molecular weight excluding hydrogens is 496 g/mol. The largest absolute Gasteiger partial charge is 0.329 e. The van der Waals surface area contributed by atoms with Crippen molar-refractivity contribution in [2.45, 2.75) is 43.5 Å². The third kappa shape index (κ3) is 4.71. The molecule has 3 heterocycles. The summed E-state index contributed by atoms with van der Waals surface area (Å²) < 4.78 is 56.5. The molecule has 0 spiro atoms. The Labute approximate surface area is 209 Å². The van der Waals surface area contributed by atoms with Gasteiger partial charge in [-0.1, -0.05) is 0 Å². The first-order valence-electron chi connectivity index (χ1n) is 11.4. The van der Waals surface area contributed by atoms with Gasteiger partial charge in [0.25, 0.3) is 0 Å². The van der Waals surface area contributed by atoms with E-state index in [0.717, 1.165) is 24.1 Å². The van der Waals surface area contributed by atoms with Crippen LogP contribution >= 0.6 is 11.8 Å². The first kappa shape index (κ1) is 24.3. The van der Waals surface area contributed by atoms with Gasteiger partial charge >= 0.3 is 6.55 Å². The van der Waals surface area contributed by atoms with Crippen molar-refractivity contribution >= 4 is 40.7 Å². The van der Waals surface area contributed by atoms with Crippen molar-refractivity contribution in [1.29, 1.82) is 0 Å². The minimum atomic E-state index is -2.74. The molecule has 0 radical (unpaired) electrons. The van der Waals surface area contributed by atoms with Crippen molar-refractivity contribution in [3.05, 3.63) is 46.8 Å². The molecule has 1 fully saturated rings. The molecule has 0 bridgehead atoms. The molecule has 13 heteroatoms. The summed E-state index contributed by atoms with van der Waals surface area (Å²) in [6.07, 6.45) is 3.75. The molecule has 190 valence electrons. The van der Waals surface area contributed by atoms with E-state index >= 15 is 0 Å². The number of hydrogen-bond acceptors (Lipinski definition) is 8. The third-order valence-corrected chi connectivity index (χ3v) is 6.77. The van der Waals surface area contributed by atoms with E-state index in [2.05, 4.69) is 30.6 Å². The van der Waals surface area contributed by atoms with Crippen LogP contribution in [0.4, 0.5) is 40.8 Å². The number of alkyl halides is 2. The first-order valence-corrected chi connectivity index (χ1v) is 12.6. The topological polar surface area (TPSA) is 85.3 Å². The average molecular weight is 521 g/mol. The highest BCUT2D eigenvalue weighted by atomic mass is 32.2. The Bertz CT molecular complexity index is 1300. The number of nitrogens with zero attached hydrogens (tertiary/aromatic N) is 6. The fourth-order valence-corrected chi connectivity index (χ4v) is 4.59. The lowest BCUT2D eigenvalue weighted by molar-refractivity contribution is -0.0180. The molecule has 5 rings (SSSR count). The molecule has 0 saturated heterocycles. The van der Waals surface area contributed by atoms with E-state index in [1.54, 1.807) is 12.3 Å². The number of benzene rings is 1. The van der Waals surface area contributed by atoms with E-state index in [1.165, 1.54) is 35.8 Å². The number of anilines is 4. The lowest BCUT2D eigenvalue weighted by Crippen LogP contribution is -2.20. The van der Waals surface area contributed by atoms with Crippen LogP contribution in [0.15, 0.2) is 28.2 Å². The average Bonchev–Trinajstić information content (AvgIpc) is 3.39. The Morgan fingerprint density at radius 2 is 1.89 bits per heavy atom. The predicted molar refractivity (Wildman–Crippen MR) is 131 cm³/mol. The van der Waals surface area contributed by atoms with Gasteiger partial charge in [0, 0.05) is 42.2 Å². The van der Waals surface area contributed by atoms with Crippen LogP contribution < -0.4 is 10.2 Å². The molecule has 0 atom stereocenters. The van der Waals surface area contributed by atoms with Gasteiger partial charge in [-0.2, -0.15) is 24.0 Å². The second-order valence-electron chi connectivity index (χ2n) is 8.71. The smallest absolute Gasteiger partial charge is 0.323 e. The second kappa shape index (κ2) is 9.60. The minimum absolute atomic E-state index is 0.00273. The van der Waals surface area contributed by atoms with Gasteiger partial charge in [-0.3, -0.25) is 5.10 Å². The van der Waals surface area contributed by atoms with Crippen molar-refractivity contribution in [1.82, 2.24) is 25.2 Å². The van der Waals surface area contributed by atoms with E-state index < -0.39 is 18.2 Å². The van der Waals surface area contributed by atoms with Crippen LogP contribution in [0, 0.1) is 18.6 Å². The van der Waals surface area contributed by atoms with Crippen LogP contribution in [0.5, 0.6) is 0 Å². The molecule has 1 saturated carbocycles. The van der Waals surface area contributed by atoms with Crippen molar-refractivity contribution in [3.8, 4) is 0 Å². The number of aromatic amines is 1. The monoisotopic (exact) mass is 520 g/mol. The lowest BCUT2D eigenvalue weighted by atomic mass is 10.0. The minimum Gasteiger partial charge on any atom is -0.323 e. The van der Waals surface area contributed by atoms with Crippen LogP contribution in [0.1, 0.15) is 42.1 Å². The normalized spacial score (nSPS) is 15.6. The van der Waals surface area contributed by atoms with E-state index in [4.69, 9.17) is 0 Å². The molecule has 3 aromatic rings. The molecule has 36 heavy (non-hydrogen) atoms. The van der Waals surface area contributed by atoms with Gasteiger partial charge < -0.3 is 10.2 Å². The summed E-state index contributed by atoms with van der Waals surface area (Å²) in [7, 11) is 1.46. The number of thioether (sulfide) groups is 1. The summed E-state index contributed by atoms with van der Waals surface area (Å²) in [5.41, 5.74) is 2.02. The van der Waals surface area contributed by atoms with Crippen LogP contribution in [-0.2, 0) is 0 Å². The highest BCUT2D eigenvalue weighted by Gasteiger charge is 2.35. The van der Waals surface area contributed by atoms with Crippen LogP contribution in [0.3, 0.4) is 0 Å². The fraction of sp³-hybridized carbons (Fsp3) is 0.391. The third-order valence-electron chi connectivity index (χ3n) is 6.06. The van der Waals surface area contributed by atoms with E-state index in [9.17, 15) is 17.6 Å². The molecule has 2 N–H and O–H groups in total. The molecule has 1 aromatic carbocycles. The SMILES string of the molecule is CSc1cc(F)c(N(C)c2nc(Nc3cc(C)[nH]n3)c(C3CC3)c(C3=NN(C(F)F)CC3)n2)c(F)c1. The van der Waals surface area contributed by atoms with Crippen molar-refractivity contribution in [2.24, 2.45) is 5.10 Å². The zero-order chi connectivity index (χ0) is 25.6. The maximum absolute atomic E-state index is 14.9. The number of halogens is 4. The molecule has 1 aliphatic heterocycles. The lowest BCUT2D eigenvalue weighted by Gasteiger charge is -2.22. The van der Waals surface area contributed by atoms with Crippen molar-refractivity contribution in [3.63, 3.8) is 0 Å². The Balaban J connectivity index is 1.65. The second-order valence-corrected chi connectivity index (χ2v) is 9.59.